The minimum Gasteiger partial charge on any atom is -0.386 e. The minimum atomic E-state index is -3.39. The average molecular weight is 886 g/mol. The highest BCUT2D eigenvalue weighted by atomic mass is 32.2. The normalized spacial score (nSPS) is 17.2. The molecule has 336 valence electrons. The van der Waals surface area contributed by atoms with Crippen LogP contribution in [0.2, 0.25) is 0 Å². The van der Waals surface area contributed by atoms with E-state index in [1.54, 1.807) is 0 Å². The Labute approximate surface area is 364 Å². The van der Waals surface area contributed by atoms with Crippen molar-refractivity contribution in [2.75, 3.05) is 84.8 Å². The molecule has 0 bridgehead atoms. The number of carbonyl (C=O) groups excluding carboxylic acids is 4. The van der Waals surface area contributed by atoms with Crippen molar-refractivity contribution >= 4 is 54.3 Å². The SMILES string of the molecule is CC(C)(CNC(=O)CCOCCOCCOCCOCCCC(=O)CCCC[C@@H]1SC[C@@H]2NC(=O)N[C@@H]21)O[Si](OCCNC(=O)CN=[N+]=[N-])(c1ccccc1)c1ccccc1. The van der Waals surface area contributed by atoms with Gasteiger partial charge in [0.25, 0.3) is 0 Å². The van der Waals surface area contributed by atoms with Crippen LogP contribution < -0.4 is 31.6 Å². The molecule has 2 saturated heterocycles. The Bertz CT molecular complexity index is 1640. The second-order valence-corrected chi connectivity index (χ2v) is 19.4. The Hall–Kier alpha value is -4.04. The smallest absolute Gasteiger partial charge is 0.386 e. The van der Waals surface area contributed by atoms with Gasteiger partial charge < -0.3 is 49.1 Å². The zero-order valence-corrected chi connectivity index (χ0v) is 37.3. The number of nitrogens with zero attached hydrogens (tertiary/aromatic N) is 3. The van der Waals surface area contributed by atoms with Crippen LogP contribution in [0.3, 0.4) is 0 Å². The van der Waals surface area contributed by atoms with Crippen LogP contribution in [0.4, 0.5) is 4.79 Å². The molecule has 2 aliphatic rings. The van der Waals surface area contributed by atoms with Crippen LogP contribution in [-0.4, -0.2) is 140 Å². The number of Topliss-reactive ketones (excluding diaryl/α,β-unsaturated/α-hetero) is 1. The zero-order chi connectivity index (χ0) is 43.6. The fourth-order valence-electron chi connectivity index (χ4n) is 6.89. The van der Waals surface area contributed by atoms with Gasteiger partial charge in [-0.25, -0.2) is 4.79 Å². The van der Waals surface area contributed by atoms with E-state index in [9.17, 15) is 19.2 Å². The standard InChI is InChI=1S/C42H63N7O10SSi/c1-42(2,59-61(34-14-5-3-6-15-34,35-16-7-4-8-17-35)58-23-20-44-39(52)30-46-49-43)32-45-38(51)19-22-55-25-27-57-29-28-56-26-24-54-21-11-13-33(50)12-9-10-18-37-40-36(31-60-37)47-41(53)48-40/h3-8,14-17,36-37,40H,9-13,18-32H2,1-2H3,(H,44,52)(H,45,51)(H2,47,48,53)/t36-,37-,40-/m0/s1. The Morgan fingerprint density at radius 2 is 1.39 bits per heavy atom. The molecule has 2 fully saturated rings. The van der Waals surface area contributed by atoms with Crippen LogP contribution in [0.1, 0.15) is 58.8 Å². The van der Waals surface area contributed by atoms with E-state index in [2.05, 4.69) is 31.3 Å². The molecule has 2 heterocycles. The lowest BCUT2D eigenvalue weighted by molar-refractivity contribution is -0.123. The highest BCUT2D eigenvalue weighted by Crippen LogP contribution is 2.33. The number of urea groups is 1. The minimum absolute atomic E-state index is 0.0637. The van der Waals surface area contributed by atoms with Gasteiger partial charge in [0.2, 0.25) is 11.8 Å². The number of fused-ring (bicyclic) bond motifs is 1. The van der Waals surface area contributed by atoms with Gasteiger partial charge in [-0.05, 0) is 49.0 Å². The van der Waals surface area contributed by atoms with Gasteiger partial charge in [-0.15, -0.1) is 0 Å². The summed E-state index contributed by atoms with van der Waals surface area (Å²) in [6.45, 7) is 7.22. The number of rotatable bonds is 33. The van der Waals surface area contributed by atoms with E-state index >= 15 is 0 Å². The van der Waals surface area contributed by atoms with Crippen LogP contribution in [0.25, 0.3) is 10.4 Å². The lowest BCUT2D eigenvalue weighted by atomic mass is 10.0. The van der Waals surface area contributed by atoms with E-state index in [1.807, 2.05) is 86.3 Å². The van der Waals surface area contributed by atoms with Gasteiger partial charge in [0.05, 0.1) is 70.5 Å². The maximum Gasteiger partial charge on any atom is 0.407 e. The van der Waals surface area contributed by atoms with E-state index in [0.717, 1.165) is 35.4 Å². The van der Waals surface area contributed by atoms with Crippen molar-refractivity contribution in [3.8, 4) is 0 Å². The molecule has 4 rings (SSSR count). The third-order valence-corrected chi connectivity index (χ3v) is 15.1. The summed E-state index contributed by atoms with van der Waals surface area (Å²) in [4.78, 5) is 51.2. The predicted molar refractivity (Wildman–Crippen MR) is 235 cm³/mol. The number of nitrogens with one attached hydrogen (secondary N) is 4. The first kappa shape index (κ1) is 49.6. The number of carbonyl (C=O) groups is 4. The summed E-state index contributed by atoms with van der Waals surface area (Å²) in [5.74, 6) is 0.632. The summed E-state index contributed by atoms with van der Waals surface area (Å²) >= 11 is 1.90. The molecule has 2 aromatic carbocycles. The summed E-state index contributed by atoms with van der Waals surface area (Å²) in [6, 6.07) is 19.7. The third kappa shape index (κ3) is 18.5. The van der Waals surface area contributed by atoms with Crippen molar-refractivity contribution in [2.45, 2.75) is 81.7 Å². The van der Waals surface area contributed by atoms with Gasteiger partial charge in [0, 0.05) is 54.9 Å². The second-order valence-electron chi connectivity index (χ2n) is 15.3. The molecule has 0 aromatic heterocycles. The van der Waals surface area contributed by atoms with Crippen LogP contribution in [0.15, 0.2) is 65.8 Å². The van der Waals surface area contributed by atoms with Crippen LogP contribution in [-0.2, 0) is 42.2 Å². The molecule has 4 N–H and O–H groups in total. The maximum atomic E-state index is 12.8. The Morgan fingerprint density at radius 3 is 2.03 bits per heavy atom. The molecule has 19 heteroatoms. The van der Waals surface area contributed by atoms with Crippen molar-refractivity contribution in [2.24, 2.45) is 5.11 Å². The molecular weight excluding hydrogens is 823 g/mol. The van der Waals surface area contributed by atoms with E-state index in [4.69, 9.17) is 33.3 Å². The summed E-state index contributed by atoms with van der Waals surface area (Å²) in [5.41, 5.74) is 7.65. The van der Waals surface area contributed by atoms with Crippen molar-refractivity contribution in [1.29, 1.82) is 0 Å². The molecule has 2 aliphatic heterocycles. The van der Waals surface area contributed by atoms with Gasteiger partial charge in [0.1, 0.15) is 12.3 Å². The first-order valence-electron chi connectivity index (χ1n) is 21.1. The number of amides is 4. The first-order chi connectivity index (χ1) is 29.6. The van der Waals surface area contributed by atoms with Crippen molar-refractivity contribution in [3.63, 3.8) is 0 Å². The molecule has 0 spiro atoms. The largest absolute Gasteiger partial charge is 0.407 e. The van der Waals surface area contributed by atoms with Crippen molar-refractivity contribution in [1.82, 2.24) is 21.3 Å². The molecule has 0 unspecified atom stereocenters. The number of ether oxygens (including phenoxy) is 4. The lowest BCUT2D eigenvalue weighted by Gasteiger charge is -2.39. The molecule has 0 aliphatic carbocycles. The topological polar surface area (TPSA) is 221 Å². The number of benzene rings is 2. The molecule has 2 aromatic rings. The van der Waals surface area contributed by atoms with Crippen molar-refractivity contribution in [3.05, 3.63) is 71.1 Å². The predicted octanol–water partition coefficient (Wildman–Crippen LogP) is 3.13. The van der Waals surface area contributed by atoms with E-state index < -0.39 is 20.1 Å². The number of azide groups is 1. The molecule has 0 radical (unpaired) electrons. The number of ketones is 1. The number of thioether (sulfide) groups is 1. The van der Waals surface area contributed by atoms with Crippen molar-refractivity contribution < 1.29 is 47.0 Å². The van der Waals surface area contributed by atoms with Gasteiger partial charge >= 0.3 is 14.6 Å². The van der Waals surface area contributed by atoms with Gasteiger partial charge in [0.15, 0.2) is 0 Å². The molecule has 0 saturated carbocycles. The maximum absolute atomic E-state index is 12.8. The highest BCUT2D eigenvalue weighted by Gasteiger charge is 2.47. The van der Waals surface area contributed by atoms with E-state index in [1.165, 1.54) is 0 Å². The zero-order valence-electron chi connectivity index (χ0n) is 35.5. The summed E-state index contributed by atoms with van der Waals surface area (Å²) in [5, 5.41) is 17.1. The molecule has 3 atom stereocenters. The summed E-state index contributed by atoms with van der Waals surface area (Å²) in [6.07, 6.45) is 4.88. The Kier molecular flexibility index (Phi) is 22.6. The summed E-state index contributed by atoms with van der Waals surface area (Å²) in [7, 11) is -3.39. The lowest BCUT2D eigenvalue weighted by Crippen LogP contribution is -2.67. The Balaban J connectivity index is 1.01. The molecular formula is C42H63N7O10SSi. The monoisotopic (exact) mass is 885 g/mol. The van der Waals surface area contributed by atoms with Crippen LogP contribution in [0.5, 0.6) is 0 Å². The van der Waals surface area contributed by atoms with Gasteiger partial charge in [-0.3, -0.25) is 14.4 Å². The van der Waals surface area contributed by atoms with Crippen LogP contribution >= 0.6 is 11.8 Å². The summed E-state index contributed by atoms with van der Waals surface area (Å²) < 4.78 is 35.9. The highest BCUT2D eigenvalue weighted by molar-refractivity contribution is 8.00. The number of unbranched alkanes of at least 4 members (excludes halogenated alkanes) is 1. The number of hydrogen-bond donors (Lipinski definition) is 4. The first-order valence-corrected chi connectivity index (χ1v) is 24.0. The second kappa shape index (κ2) is 27.8. The Morgan fingerprint density at radius 1 is 0.787 bits per heavy atom. The fourth-order valence-corrected chi connectivity index (χ4v) is 11.9. The average Bonchev–Trinajstić information content (AvgIpc) is 3.82. The van der Waals surface area contributed by atoms with E-state index in [0.29, 0.717) is 70.8 Å². The van der Waals surface area contributed by atoms with Gasteiger partial charge in [-0.2, -0.15) is 11.8 Å². The quantitative estimate of drug-likeness (QED) is 0.0204. The molecule has 17 nitrogen and oxygen atoms in total. The van der Waals surface area contributed by atoms with Crippen LogP contribution in [0, 0.1) is 0 Å². The fraction of sp³-hybridized carbons (Fsp3) is 0.619. The molecule has 61 heavy (non-hydrogen) atoms. The number of hydrogen-bond acceptors (Lipinski definition) is 12. The van der Waals surface area contributed by atoms with E-state index in [-0.39, 0.29) is 69.1 Å². The third-order valence-electron chi connectivity index (χ3n) is 9.91. The molecule has 4 amide bonds. The van der Waals surface area contributed by atoms with Gasteiger partial charge in [-0.1, -0.05) is 72.2 Å².